The summed E-state index contributed by atoms with van der Waals surface area (Å²) in [6.45, 7) is -0.313. The molecule has 3 aromatic rings. The van der Waals surface area contributed by atoms with Gasteiger partial charge < -0.3 is 30.0 Å². The van der Waals surface area contributed by atoms with Crippen LogP contribution in [0.15, 0.2) is 42.5 Å². The Kier molecular flexibility index (Phi) is 3.95. The molecular weight excluding hydrogens is 412 g/mol. The van der Waals surface area contributed by atoms with Gasteiger partial charge in [-0.1, -0.05) is 24.3 Å². The lowest BCUT2D eigenvalue weighted by atomic mass is 9.86. The van der Waals surface area contributed by atoms with Crippen molar-refractivity contribution < 1.29 is 23.9 Å². The van der Waals surface area contributed by atoms with Crippen molar-refractivity contribution >= 4 is 28.6 Å². The minimum Gasteiger partial charge on any atom is -0.454 e. The number of nitrogens with two attached hydrogens (primary N) is 1. The van der Waals surface area contributed by atoms with Crippen LogP contribution >= 0.6 is 0 Å². The fourth-order valence-corrected chi connectivity index (χ4v) is 5.08. The highest BCUT2D eigenvalue weighted by molar-refractivity contribution is 5.99. The van der Waals surface area contributed by atoms with Crippen molar-refractivity contribution in [3.8, 4) is 11.5 Å². The van der Waals surface area contributed by atoms with Gasteiger partial charge in [-0.2, -0.15) is 0 Å². The fourth-order valence-electron chi connectivity index (χ4n) is 5.08. The van der Waals surface area contributed by atoms with E-state index in [4.69, 9.17) is 15.2 Å². The lowest BCUT2D eigenvalue weighted by Gasteiger charge is -2.46. The summed E-state index contributed by atoms with van der Waals surface area (Å²) in [7, 11) is 0. The van der Waals surface area contributed by atoms with Crippen LogP contribution in [0.4, 0.5) is 0 Å². The average Bonchev–Trinajstić information content (AvgIpc) is 3.39. The van der Waals surface area contributed by atoms with Crippen LogP contribution in [0.3, 0.4) is 0 Å². The number of hydrogen-bond acceptors (Lipinski definition) is 5. The van der Waals surface area contributed by atoms with Crippen molar-refractivity contribution in [2.45, 2.75) is 18.5 Å². The largest absolute Gasteiger partial charge is 0.454 e. The van der Waals surface area contributed by atoms with Crippen molar-refractivity contribution in [1.82, 2.24) is 14.8 Å². The Balaban J connectivity index is 1.53. The highest BCUT2D eigenvalue weighted by Gasteiger charge is 2.48. The number of carbonyl (C=O) groups excluding carboxylic acids is 3. The van der Waals surface area contributed by atoms with E-state index in [2.05, 4.69) is 4.98 Å². The highest BCUT2D eigenvalue weighted by atomic mass is 16.7. The summed E-state index contributed by atoms with van der Waals surface area (Å²) in [5.74, 6) is 0.100. The molecule has 162 valence electrons. The Bertz CT molecular complexity index is 1300. The predicted molar refractivity (Wildman–Crippen MR) is 113 cm³/mol. The summed E-state index contributed by atoms with van der Waals surface area (Å²) in [6, 6.07) is 12.2. The minimum absolute atomic E-state index is 0.146. The number of fused-ring (bicyclic) bond motifs is 5. The van der Waals surface area contributed by atoms with Crippen molar-refractivity contribution in [2.24, 2.45) is 5.73 Å². The topological polar surface area (TPSA) is 118 Å². The first-order valence-corrected chi connectivity index (χ1v) is 10.4. The zero-order valence-electron chi connectivity index (χ0n) is 17.0. The first kappa shape index (κ1) is 18.7. The van der Waals surface area contributed by atoms with Crippen LogP contribution in [-0.4, -0.2) is 58.4 Å². The molecule has 3 amide bonds. The Morgan fingerprint density at radius 3 is 2.78 bits per heavy atom. The summed E-state index contributed by atoms with van der Waals surface area (Å²) in [6.07, 6.45) is 0.361. The third kappa shape index (κ3) is 2.67. The van der Waals surface area contributed by atoms with Gasteiger partial charge in [-0.25, -0.2) is 0 Å². The van der Waals surface area contributed by atoms with E-state index in [1.807, 2.05) is 42.5 Å². The number of nitrogens with one attached hydrogen (secondary N) is 1. The maximum Gasteiger partial charge on any atom is 0.246 e. The maximum atomic E-state index is 13.3. The van der Waals surface area contributed by atoms with Gasteiger partial charge in [0.15, 0.2) is 11.5 Å². The lowest BCUT2D eigenvalue weighted by Crippen LogP contribution is -2.63. The Morgan fingerprint density at radius 1 is 1.12 bits per heavy atom. The van der Waals surface area contributed by atoms with Crippen LogP contribution in [-0.2, 0) is 20.8 Å². The number of rotatable bonds is 3. The predicted octanol–water partition coefficient (Wildman–Crippen LogP) is 1.07. The number of primary amides is 1. The van der Waals surface area contributed by atoms with E-state index >= 15 is 0 Å². The molecule has 0 saturated carbocycles. The van der Waals surface area contributed by atoms with Gasteiger partial charge in [0, 0.05) is 23.0 Å². The van der Waals surface area contributed by atoms with E-state index in [-0.39, 0.29) is 31.7 Å². The number of nitrogens with zero attached hydrogens (tertiary/aromatic N) is 2. The molecule has 9 heteroatoms. The molecule has 0 radical (unpaired) electrons. The first-order chi connectivity index (χ1) is 15.5. The van der Waals surface area contributed by atoms with Crippen LogP contribution in [0.1, 0.15) is 22.9 Å². The summed E-state index contributed by atoms with van der Waals surface area (Å²) in [5, 5.41) is 1.01. The number of amides is 3. The number of hydrogen-bond donors (Lipinski definition) is 2. The van der Waals surface area contributed by atoms with Gasteiger partial charge in [0.25, 0.3) is 0 Å². The van der Waals surface area contributed by atoms with E-state index in [9.17, 15) is 14.4 Å². The molecule has 1 fully saturated rings. The van der Waals surface area contributed by atoms with Crippen molar-refractivity contribution in [2.75, 3.05) is 19.9 Å². The molecule has 2 aromatic carbocycles. The molecule has 3 aliphatic heterocycles. The summed E-state index contributed by atoms with van der Waals surface area (Å²) in [4.78, 5) is 44.5. The van der Waals surface area contributed by atoms with Crippen LogP contribution < -0.4 is 15.2 Å². The smallest absolute Gasteiger partial charge is 0.246 e. The molecule has 0 aliphatic carbocycles. The van der Waals surface area contributed by atoms with E-state index in [0.717, 1.165) is 27.7 Å². The number of benzene rings is 2. The van der Waals surface area contributed by atoms with Crippen LogP contribution in [0, 0.1) is 0 Å². The van der Waals surface area contributed by atoms with E-state index in [1.54, 1.807) is 4.90 Å². The quantitative estimate of drug-likeness (QED) is 0.642. The molecule has 4 heterocycles. The molecule has 1 aromatic heterocycles. The lowest BCUT2D eigenvalue weighted by molar-refractivity contribution is -0.159. The van der Waals surface area contributed by atoms with Gasteiger partial charge in [0.05, 0.1) is 12.6 Å². The number of ether oxygens (including phenoxy) is 2. The standard InChI is InChI=1S/C23H20N4O5/c24-19(28)9-26-10-20(29)27-16(23(26)30)8-14-13-3-1-2-4-15(13)25-21(14)22(27)12-5-6-17-18(7-12)32-11-31-17/h1-7,16,22,25H,8-11H2,(H2,24,28)/t16-,22+/m1/s1. The summed E-state index contributed by atoms with van der Waals surface area (Å²) < 4.78 is 11.0. The second-order valence-electron chi connectivity index (χ2n) is 8.26. The van der Waals surface area contributed by atoms with Crippen molar-refractivity contribution in [1.29, 1.82) is 0 Å². The zero-order valence-corrected chi connectivity index (χ0v) is 17.0. The molecule has 3 aliphatic rings. The molecule has 1 saturated heterocycles. The van der Waals surface area contributed by atoms with Crippen LogP contribution in [0.5, 0.6) is 11.5 Å². The van der Waals surface area contributed by atoms with E-state index in [1.165, 1.54) is 4.90 Å². The molecule has 6 rings (SSSR count). The molecule has 9 nitrogen and oxygen atoms in total. The second-order valence-corrected chi connectivity index (χ2v) is 8.26. The van der Waals surface area contributed by atoms with E-state index in [0.29, 0.717) is 17.9 Å². The van der Waals surface area contributed by atoms with Crippen LogP contribution in [0.2, 0.25) is 0 Å². The number of H-pyrrole nitrogens is 1. The summed E-state index contributed by atoms with van der Waals surface area (Å²) in [5.41, 5.74) is 8.95. The van der Waals surface area contributed by atoms with Gasteiger partial charge in [-0.05, 0) is 29.3 Å². The van der Waals surface area contributed by atoms with Gasteiger partial charge in [0.2, 0.25) is 24.5 Å². The van der Waals surface area contributed by atoms with Gasteiger partial charge in [0.1, 0.15) is 12.6 Å². The first-order valence-electron chi connectivity index (χ1n) is 10.4. The molecule has 3 N–H and O–H groups in total. The molecule has 2 atom stereocenters. The van der Waals surface area contributed by atoms with Crippen molar-refractivity contribution in [3.05, 3.63) is 59.3 Å². The fraction of sp³-hybridized carbons (Fsp3) is 0.261. The molecular formula is C23H20N4O5. The second kappa shape index (κ2) is 6.74. The monoisotopic (exact) mass is 432 g/mol. The van der Waals surface area contributed by atoms with Crippen LogP contribution in [0.25, 0.3) is 10.9 Å². The van der Waals surface area contributed by atoms with Crippen molar-refractivity contribution in [3.63, 3.8) is 0 Å². The molecule has 0 unspecified atom stereocenters. The van der Waals surface area contributed by atoms with Gasteiger partial charge in [-0.15, -0.1) is 0 Å². The maximum absolute atomic E-state index is 13.3. The SMILES string of the molecule is NC(=O)CN1CC(=O)N2[C@@H](c3ccc4c(c3)OCO4)c3[nH]c4ccccc4c3C[C@@H]2C1=O. The molecule has 0 bridgehead atoms. The van der Waals surface area contributed by atoms with Gasteiger partial charge in [-0.3, -0.25) is 14.4 Å². The Labute approximate surface area is 182 Å². The number of piperazine rings is 1. The normalized spacial score (nSPS) is 21.6. The van der Waals surface area contributed by atoms with Gasteiger partial charge >= 0.3 is 0 Å². The number of para-hydroxylation sites is 1. The number of carbonyl (C=O) groups is 3. The average molecular weight is 432 g/mol. The number of aromatic nitrogens is 1. The summed E-state index contributed by atoms with van der Waals surface area (Å²) >= 11 is 0. The third-order valence-corrected chi connectivity index (χ3v) is 6.40. The zero-order chi connectivity index (χ0) is 22.0. The Hall–Kier alpha value is -4.01. The molecule has 0 spiro atoms. The minimum atomic E-state index is -0.724. The highest BCUT2D eigenvalue weighted by Crippen LogP contribution is 2.44. The Morgan fingerprint density at radius 2 is 1.94 bits per heavy atom. The molecule has 32 heavy (non-hydrogen) atoms. The number of aromatic amines is 1. The third-order valence-electron chi connectivity index (χ3n) is 6.40. The van der Waals surface area contributed by atoms with E-state index < -0.39 is 18.0 Å².